The summed E-state index contributed by atoms with van der Waals surface area (Å²) in [5.41, 5.74) is 7.70. The summed E-state index contributed by atoms with van der Waals surface area (Å²) in [6.45, 7) is 1.83. The Balaban J connectivity index is 0.00000218. The molecule has 1 atom stereocenters. The third kappa shape index (κ3) is 3.61. The standard InChI is InChI=1S/C21H26N6OS.ClH/c1-25-19(28)17(29-16-5-10-27-15(13-16)4-9-24-27)14-23-20(25)26-11-7-21(8-12-26)6-2-3-18(21)22;/h4-5,9-10,13-14,18H,2-3,6-8,11-12,22H2,1H3;1H. The van der Waals surface area contributed by atoms with Gasteiger partial charge in [0.2, 0.25) is 5.95 Å². The van der Waals surface area contributed by atoms with E-state index in [9.17, 15) is 4.79 Å². The van der Waals surface area contributed by atoms with Gasteiger partial charge in [-0.05, 0) is 49.3 Å². The van der Waals surface area contributed by atoms with Crippen LogP contribution in [0.1, 0.15) is 32.1 Å². The van der Waals surface area contributed by atoms with Crippen LogP contribution in [0.5, 0.6) is 0 Å². The molecule has 3 aromatic rings. The first-order valence-corrected chi connectivity index (χ1v) is 11.1. The summed E-state index contributed by atoms with van der Waals surface area (Å²) in [6.07, 6.45) is 11.2. The predicted octanol–water partition coefficient (Wildman–Crippen LogP) is 3.10. The molecule has 1 spiro atoms. The van der Waals surface area contributed by atoms with Crippen LogP contribution in [-0.2, 0) is 7.05 Å². The minimum Gasteiger partial charge on any atom is -0.342 e. The van der Waals surface area contributed by atoms with Crippen molar-refractivity contribution in [1.29, 1.82) is 0 Å². The maximum atomic E-state index is 13.0. The van der Waals surface area contributed by atoms with Gasteiger partial charge in [-0.25, -0.2) is 9.50 Å². The molecule has 1 saturated carbocycles. The first-order valence-electron chi connectivity index (χ1n) is 10.2. The number of aromatic nitrogens is 4. The van der Waals surface area contributed by atoms with Gasteiger partial charge in [-0.2, -0.15) is 5.10 Å². The molecule has 1 aliphatic carbocycles. The van der Waals surface area contributed by atoms with E-state index in [1.54, 1.807) is 17.0 Å². The summed E-state index contributed by atoms with van der Waals surface area (Å²) in [4.78, 5) is 21.5. The third-order valence-electron chi connectivity index (χ3n) is 6.73. The van der Waals surface area contributed by atoms with Gasteiger partial charge in [-0.3, -0.25) is 9.36 Å². The molecule has 0 bridgehead atoms. The Morgan fingerprint density at radius 1 is 1.23 bits per heavy atom. The second-order valence-electron chi connectivity index (χ2n) is 8.30. The zero-order valence-corrected chi connectivity index (χ0v) is 18.7. The number of piperidine rings is 1. The van der Waals surface area contributed by atoms with Crippen LogP contribution in [-0.4, -0.2) is 38.3 Å². The minimum absolute atomic E-state index is 0. The Bertz CT molecular complexity index is 1100. The molecule has 2 aliphatic rings. The summed E-state index contributed by atoms with van der Waals surface area (Å²) in [5, 5.41) is 4.21. The lowest BCUT2D eigenvalue weighted by atomic mass is 9.74. The van der Waals surface area contributed by atoms with Crippen molar-refractivity contribution in [3.63, 3.8) is 0 Å². The van der Waals surface area contributed by atoms with Gasteiger partial charge in [0.15, 0.2) is 0 Å². The van der Waals surface area contributed by atoms with Gasteiger partial charge in [0.25, 0.3) is 5.56 Å². The van der Waals surface area contributed by atoms with E-state index in [1.165, 1.54) is 24.6 Å². The molecule has 1 saturated heterocycles. The second-order valence-corrected chi connectivity index (χ2v) is 9.42. The van der Waals surface area contributed by atoms with E-state index in [0.717, 1.165) is 48.7 Å². The van der Waals surface area contributed by atoms with Gasteiger partial charge < -0.3 is 10.6 Å². The number of hydrogen-bond acceptors (Lipinski definition) is 6. The van der Waals surface area contributed by atoms with Crippen LogP contribution in [0.15, 0.2) is 51.4 Å². The summed E-state index contributed by atoms with van der Waals surface area (Å²) in [6, 6.07) is 6.27. The average Bonchev–Trinajstić information content (AvgIpc) is 3.33. The second kappa shape index (κ2) is 8.24. The Morgan fingerprint density at radius 3 is 2.77 bits per heavy atom. The largest absolute Gasteiger partial charge is 0.342 e. The van der Waals surface area contributed by atoms with E-state index in [4.69, 9.17) is 5.73 Å². The molecule has 1 unspecified atom stereocenters. The number of nitrogens with zero attached hydrogens (tertiary/aromatic N) is 5. The van der Waals surface area contributed by atoms with Crippen LogP contribution in [0.3, 0.4) is 0 Å². The maximum absolute atomic E-state index is 13.0. The van der Waals surface area contributed by atoms with Gasteiger partial charge in [0, 0.05) is 43.5 Å². The molecule has 2 fully saturated rings. The fourth-order valence-electron chi connectivity index (χ4n) is 4.91. The smallest absolute Gasteiger partial charge is 0.268 e. The van der Waals surface area contributed by atoms with Gasteiger partial charge >= 0.3 is 0 Å². The molecule has 4 heterocycles. The van der Waals surface area contributed by atoms with Crippen molar-refractivity contribution in [2.45, 2.75) is 47.9 Å². The number of halogens is 1. The van der Waals surface area contributed by atoms with Crippen molar-refractivity contribution in [2.75, 3.05) is 18.0 Å². The van der Waals surface area contributed by atoms with E-state index < -0.39 is 0 Å². The van der Waals surface area contributed by atoms with Crippen molar-refractivity contribution in [1.82, 2.24) is 19.2 Å². The van der Waals surface area contributed by atoms with Crippen LogP contribution in [0.25, 0.3) is 5.52 Å². The van der Waals surface area contributed by atoms with E-state index in [1.807, 2.05) is 36.0 Å². The Kier molecular flexibility index (Phi) is 5.83. The average molecular weight is 447 g/mol. The van der Waals surface area contributed by atoms with Crippen molar-refractivity contribution >= 4 is 35.6 Å². The lowest BCUT2D eigenvalue weighted by molar-refractivity contribution is 0.196. The molecule has 7 nitrogen and oxygen atoms in total. The maximum Gasteiger partial charge on any atom is 0.268 e. The highest BCUT2D eigenvalue weighted by atomic mass is 35.5. The highest BCUT2D eigenvalue weighted by molar-refractivity contribution is 7.99. The van der Waals surface area contributed by atoms with E-state index >= 15 is 0 Å². The molecule has 160 valence electrons. The number of pyridine rings is 1. The van der Waals surface area contributed by atoms with Crippen LogP contribution in [0.4, 0.5) is 5.95 Å². The fourth-order valence-corrected chi connectivity index (χ4v) is 5.80. The molecular weight excluding hydrogens is 420 g/mol. The van der Waals surface area contributed by atoms with Crippen LogP contribution < -0.4 is 16.2 Å². The highest BCUT2D eigenvalue weighted by Gasteiger charge is 2.43. The number of anilines is 1. The van der Waals surface area contributed by atoms with Crippen LogP contribution in [0.2, 0.25) is 0 Å². The minimum atomic E-state index is -0.00812. The number of nitrogens with two attached hydrogens (primary N) is 1. The number of hydrogen-bond donors (Lipinski definition) is 1. The van der Waals surface area contributed by atoms with Crippen molar-refractivity contribution < 1.29 is 0 Å². The monoisotopic (exact) mass is 446 g/mol. The fraction of sp³-hybridized carbons (Fsp3) is 0.476. The molecule has 3 aromatic heterocycles. The first-order chi connectivity index (χ1) is 14.1. The summed E-state index contributed by atoms with van der Waals surface area (Å²) in [7, 11) is 1.82. The molecule has 2 N–H and O–H groups in total. The van der Waals surface area contributed by atoms with Crippen molar-refractivity contribution in [3.05, 3.63) is 47.1 Å². The Hall–Kier alpha value is -2.03. The third-order valence-corrected chi connectivity index (χ3v) is 7.72. The zero-order chi connectivity index (χ0) is 20.0. The Morgan fingerprint density at radius 2 is 2.03 bits per heavy atom. The number of rotatable bonds is 3. The predicted molar refractivity (Wildman–Crippen MR) is 122 cm³/mol. The molecule has 0 aromatic carbocycles. The Labute approximate surface area is 186 Å². The summed E-state index contributed by atoms with van der Waals surface area (Å²) >= 11 is 1.45. The SMILES string of the molecule is Cl.Cn1c(N2CCC3(CCCC3N)CC2)ncc(Sc2ccn3nccc3c2)c1=O. The lowest BCUT2D eigenvalue weighted by Crippen LogP contribution is -2.48. The van der Waals surface area contributed by atoms with E-state index in [-0.39, 0.29) is 18.0 Å². The molecule has 0 radical (unpaired) electrons. The van der Waals surface area contributed by atoms with Gasteiger partial charge in [0.1, 0.15) is 0 Å². The van der Waals surface area contributed by atoms with Crippen LogP contribution in [0, 0.1) is 5.41 Å². The molecule has 30 heavy (non-hydrogen) atoms. The molecule has 5 rings (SSSR count). The summed E-state index contributed by atoms with van der Waals surface area (Å²) in [5.74, 6) is 0.756. The van der Waals surface area contributed by atoms with Gasteiger partial charge in [0.05, 0.1) is 16.6 Å². The highest BCUT2D eigenvalue weighted by Crippen LogP contribution is 2.45. The topological polar surface area (TPSA) is 81.4 Å². The first kappa shape index (κ1) is 21.2. The van der Waals surface area contributed by atoms with Crippen LogP contribution >= 0.6 is 24.2 Å². The number of fused-ring (bicyclic) bond motifs is 1. The van der Waals surface area contributed by atoms with Crippen molar-refractivity contribution in [2.24, 2.45) is 18.2 Å². The lowest BCUT2D eigenvalue weighted by Gasteiger charge is -2.42. The van der Waals surface area contributed by atoms with Gasteiger partial charge in [-0.15, -0.1) is 12.4 Å². The molecular formula is C21H27ClN6OS. The van der Waals surface area contributed by atoms with E-state index in [2.05, 4.69) is 15.0 Å². The molecule has 1 aliphatic heterocycles. The normalized spacial score (nSPS) is 20.6. The molecule has 0 amide bonds. The van der Waals surface area contributed by atoms with E-state index in [0.29, 0.717) is 16.4 Å². The quantitative estimate of drug-likeness (QED) is 0.665. The van der Waals surface area contributed by atoms with Gasteiger partial charge in [-0.1, -0.05) is 18.2 Å². The van der Waals surface area contributed by atoms with Crippen molar-refractivity contribution in [3.8, 4) is 0 Å². The summed E-state index contributed by atoms with van der Waals surface area (Å²) < 4.78 is 3.50. The molecule has 9 heteroatoms. The zero-order valence-electron chi connectivity index (χ0n) is 17.0.